The van der Waals surface area contributed by atoms with E-state index < -0.39 is 0 Å². The minimum absolute atomic E-state index is 0.0612. The Hall–Kier alpha value is -1.75. The molecular weight excluding hydrogens is 282 g/mol. The van der Waals surface area contributed by atoms with E-state index in [1.165, 1.54) is 11.8 Å². The van der Waals surface area contributed by atoms with E-state index in [1.807, 2.05) is 49.9 Å². The number of benzene rings is 1. The van der Waals surface area contributed by atoms with Gasteiger partial charge in [0.1, 0.15) is 0 Å². The van der Waals surface area contributed by atoms with Gasteiger partial charge in [0, 0.05) is 13.6 Å². The van der Waals surface area contributed by atoms with Crippen molar-refractivity contribution in [2.45, 2.75) is 30.7 Å². The van der Waals surface area contributed by atoms with Gasteiger partial charge in [-0.15, -0.1) is 0 Å². The van der Waals surface area contributed by atoms with Gasteiger partial charge < -0.3 is 9.88 Å². The number of imidazole rings is 1. The lowest BCUT2D eigenvalue weighted by Crippen LogP contribution is -2.31. The van der Waals surface area contributed by atoms with Crippen LogP contribution in [0.2, 0.25) is 0 Å². The van der Waals surface area contributed by atoms with Crippen LogP contribution in [0, 0.1) is 0 Å². The lowest BCUT2D eigenvalue weighted by molar-refractivity contribution is -0.120. The summed E-state index contributed by atoms with van der Waals surface area (Å²) < 4.78 is 2.03. The molecule has 112 valence electrons. The van der Waals surface area contributed by atoms with Gasteiger partial charge in [0.2, 0.25) is 5.91 Å². The fourth-order valence-corrected chi connectivity index (χ4v) is 2.86. The molecule has 1 atom stereocenters. The molecular formula is C16H21N3OS. The number of hydrogen-bond donors (Lipinski definition) is 1. The number of rotatable bonds is 6. The van der Waals surface area contributed by atoms with Crippen LogP contribution in [-0.2, 0) is 11.8 Å². The van der Waals surface area contributed by atoms with Crippen molar-refractivity contribution in [1.82, 2.24) is 14.9 Å². The summed E-state index contributed by atoms with van der Waals surface area (Å²) in [7, 11) is 1.98. The molecule has 0 saturated heterocycles. The van der Waals surface area contributed by atoms with Crippen LogP contribution in [-0.4, -0.2) is 27.3 Å². The van der Waals surface area contributed by atoms with Crippen molar-refractivity contribution in [1.29, 1.82) is 0 Å². The fourth-order valence-electron chi connectivity index (χ4n) is 1.98. The number of amides is 1. The highest BCUT2D eigenvalue weighted by atomic mass is 32.2. The predicted molar refractivity (Wildman–Crippen MR) is 87.3 cm³/mol. The molecule has 1 unspecified atom stereocenters. The molecule has 21 heavy (non-hydrogen) atoms. The summed E-state index contributed by atoms with van der Waals surface area (Å²) in [5, 5.41) is 3.62. The second-order valence-corrected chi connectivity index (χ2v) is 6.21. The molecule has 0 saturated carbocycles. The van der Waals surface area contributed by atoms with Gasteiger partial charge in [0.25, 0.3) is 0 Å². The molecule has 2 aromatic rings. The van der Waals surface area contributed by atoms with Crippen LogP contribution in [0.4, 0.5) is 0 Å². The Bertz CT molecular complexity index is 595. The molecule has 0 fully saturated rings. The summed E-state index contributed by atoms with van der Waals surface area (Å²) in [6.07, 6.45) is 2.80. The van der Waals surface area contributed by atoms with Gasteiger partial charge >= 0.3 is 0 Å². The highest BCUT2D eigenvalue weighted by Crippen LogP contribution is 2.27. The molecule has 1 amide bonds. The van der Waals surface area contributed by atoms with E-state index >= 15 is 0 Å². The molecule has 0 aliphatic carbocycles. The average molecular weight is 303 g/mol. The molecule has 0 spiro atoms. The van der Waals surface area contributed by atoms with E-state index in [4.69, 9.17) is 0 Å². The van der Waals surface area contributed by atoms with Crippen LogP contribution in [0.15, 0.2) is 41.7 Å². The van der Waals surface area contributed by atoms with Crippen molar-refractivity contribution in [3.05, 3.63) is 36.5 Å². The molecule has 0 radical (unpaired) electrons. The highest BCUT2D eigenvalue weighted by Gasteiger charge is 2.17. The second kappa shape index (κ2) is 7.31. The molecule has 5 heteroatoms. The molecule has 1 N–H and O–H groups in total. The normalized spacial score (nSPS) is 12.1. The molecule has 2 rings (SSSR count). The zero-order valence-electron chi connectivity index (χ0n) is 12.7. The number of aromatic nitrogens is 2. The fraction of sp³-hybridized carbons (Fsp3) is 0.375. The number of hydrogen-bond acceptors (Lipinski definition) is 3. The third-order valence-corrected chi connectivity index (χ3v) is 4.37. The Kier molecular flexibility index (Phi) is 5.44. The number of nitrogens with zero attached hydrogens (tertiary/aromatic N) is 2. The quantitative estimate of drug-likeness (QED) is 0.834. The largest absolute Gasteiger partial charge is 0.355 e. The predicted octanol–water partition coefficient (Wildman–Crippen LogP) is 3.09. The summed E-state index contributed by atoms with van der Waals surface area (Å²) in [6, 6.07) is 10.1. The van der Waals surface area contributed by atoms with Crippen molar-refractivity contribution in [2.75, 3.05) is 6.54 Å². The molecule has 0 aliphatic heterocycles. The highest BCUT2D eigenvalue weighted by molar-refractivity contribution is 8.00. The molecule has 1 aromatic carbocycles. The number of carbonyl (C=O) groups excluding carboxylic acids is 1. The molecule has 4 nitrogen and oxygen atoms in total. The summed E-state index contributed by atoms with van der Waals surface area (Å²) in [5.41, 5.74) is 2.18. The van der Waals surface area contributed by atoms with Crippen LogP contribution in [0.1, 0.15) is 20.3 Å². The van der Waals surface area contributed by atoms with Crippen LogP contribution in [0.5, 0.6) is 0 Å². The SMILES string of the molecule is CCCNC(=O)C(C)Sc1ncc(-c2ccccc2)n1C. The zero-order valence-corrected chi connectivity index (χ0v) is 13.5. The summed E-state index contributed by atoms with van der Waals surface area (Å²) in [4.78, 5) is 16.4. The van der Waals surface area contributed by atoms with Crippen molar-refractivity contribution < 1.29 is 4.79 Å². The van der Waals surface area contributed by atoms with Crippen LogP contribution in [0.3, 0.4) is 0 Å². The van der Waals surface area contributed by atoms with E-state index in [0.717, 1.165) is 29.4 Å². The Balaban J connectivity index is 2.09. The molecule has 0 bridgehead atoms. The van der Waals surface area contributed by atoms with Gasteiger partial charge in [-0.25, -0.2) is 4.98 Å². The first-order chi connectivity index (χ1) is 10.1. The van der Waals surface area contributed by atoms with Gasteiger partial charge in [-0.3, -0.25) is 4.79 Å². The Morgan fingerprint density at radius 3 is 2.76 bits per heavy atom. The van der Waals surface area contributed by atoms with E-state index in [1.54, 1.807) is 0 Å². The monoisotopic (exact) mass is 303 g/mol. The zero-order chi connectivity index (χ0) is 15.2. The molecule has 0 aliphatic rings. The van der Waals surface area contributed by atoms with E-state index in [0.29, 0.717) is 0 Å². The van der Waals surface area contributed by atoms with Crippen molar-refractivity contribution >= 4 is 17.7 Å². The average Bonchev–Trinajstić information content (AvgIpc) is 2.86. The van der Waals surface area contributed by atoms with Gasteiger partial charge in [0.15, 0.2) is 5.16 Å². The van der Waals surface area contributed by atoms with E-state index in [-0.39, 0.29) is 11.2 Å². The Morgan fingerprint density at radius 2 is 2.10 bits per heavy atom. The minimum Gasteiger partial charge on any atom is -0.355 e. The Labute approximate surface area is 130 Å². The summed E-state index contributed by atoms with van der Waals surface area (Å²) in [5.74, 6) is 0.0612. The van der Waals surface area contributed by atoms with Crippen LogP contribution >= 0.6 is 11.8 Å². The standard InChI is InChI=1S/C16H21N3OS/c1-4-10-17-15(20)12(2)21-16-18-11-14(19(16)3)13-8-6-5-7-9-13/h5-9,11-12H,4,10H2,1-3H3,(H,17,20). The van der Waals surface area contributed by atoms with Crippen molar-refractivity contribution in [3.8, 4) is 11.3 Å². The molecule has 1 aromatic heterocycles. The third kappa shape index (κ3) is 3.88. The van der Waals surface area contributed by atoms with Crippen molar-refractivity contribution in [3.63, 3.8) is 0 Å². The Morgan fingerprint density at radius 1 is 1.38 bits per heavy atom. The van der Waals surface area contributed by atoms with Crippen LogP contribution in [0.25, 0.3) is 11.3 Å². The first kappa shape index (κ1) is 15.6. The number of thioether (sulfide) groups is 1. The third-order valence-electron chi connectivity index (χ3n) is 3.22. The van der Waals surface area contributed by atoms with Crippen molar-refractivity contribution in [2.24, 2.45) is 7.05 Å². The van der Waals surface area contributed by atoms with Gasteiger partial charge in [0.05, 0.1) is 17.1 Å². The maximum absolute atomic E-state index is 11.9. The number of carbonyl (C=O) groups is 1. The van der Waals surface area contributed by atoms with Gasteiger partial charge in [-0.05, 0) is 18.9 Å². The first-order valence-corrected chi connectivity index (χ1v) is 8.03. The topological polar surface area (TPSA) is 46.9 Å². The summed E-state index contributed by atoms with van der Waals surface area (Å²) >= 11 is 1.48. The van der Waals surface area contributed by atoms with E-state index in [2.05, 4.69) is 22.4 Å². The summed E-state index contributed by atoms with van der Waals surface area (Å²) in [6.45, 7) is 4.68. The van der Waals surface area contributed by atoms with E-state index in [9.17, 15) is 4.79 Å². The minimum atomic E-state index is -0.152. The lowest BCUT2D eigenvalue weighted by Gasteiger charge is -2.11. The first-order valence-electron chi connectivity index (χ1n) is 7.15. The second-order valence-electron chi connectivity index (χ2n) is 4.90. The lowest BCUT2D eigenvalue weighted by atomic mass is 10.2. The smallest absolute Gasteiger partial charge is 0.233 e. The maximum atomic E-state index is 11.9. The number of nitrogens with one attached hydrogen (secondary N) is 1. The molecule has 1 heterocycles. The van der Waals surface area contributed by atoms with Gasteiger partial charge in [-0.1, -0.05) is 49.0 Å². The van der Waals surface area contributed by atoms with Crippen LogP contribution < -0.4 is 5.32 Å². The maximum Gasteiger partial charge on any atom is 0.233 e. The van der Waals surface area contributed by atoms with Gasteiger partial charge in [-0.2, -0.15) is 0 Å².